The van der Waals surface area contributed by atoms with E-state index < -0.39 is 44.2 Å². The molecule has 2 heterocycles. The van der Waals surface area contributed by atoms with Crippen molar-refractivity contribution in [1.29, 1.82) is 0 Å². The fourth-order valence-electron chi connectivity index (χ4n) is 2.90. The predicted molar refractivity (Wildman–Crippen MR) is 116 cm³/mol. The number of halogens is 2. The van der Waals surface area contributed by atoms with E-state index in [0.717, 1.165) is 6.07 Å². The zero-order valence-electron chi connectivity index (χ0n) is 18.1. The third-order valence-corrected chi connectivity index (χ3v) is 7.37. The van der Waals surface area contributed by atoms with E-state index in [1.54, 1.807) is 20.9 Å². The molecule has 32 heavy (non-hydrogen) atoms. The van der Waals surface area contributed by atoms with Crippen molar-refractivity contribution in [3.05, 3.63) is 69.8 Å². The van der Waals surface area contributed by atoms with E-state index in [9.17, 15) is 22.0 Å². The Bertz CT molecular complexity index is 1320. The average Bonchev–Trinajstić information content (AvgIpc) is 2.74. The van der Waals surface area contributed by atoms with Crippen molar-refractivity contribution in [2.45, 2.75) is 38.2 Å². The zero-order valence-corrected chi connectivity index (χ0v) is 18.9. The SMILES string of the molecule is CC[C@H](C)S(=O)(=O)Cc1cc(-c2ccc(=O)n(C)c2)nc(Oc2c(F)ccc(C)c2F)n1. The summed E-state index contributed by atoms with van der Waals surface area (Å²) in [5.41, 5.74) is 0.741. The van der Waals surface area contributed by atoms with Crippen molar-refractivity contribution in [1.82, 2.24) is 14.5 Å². The van der Waals surface area contributed by atoms with Gasteiger partial charge in [-0.2, -0.15) is 9.97 Å². The number of hydrogen-bond acceptors (Lipinski definition) is 6. The van der Waals surface area contributed by atoms with Crippen molar-refractivity contribution in [2.24, 2.45) is 7.05 Å². The Hall–Kier alpha value is -3.14. The highest BCUT2D eigenvalue weighted by molar-refractivity contribution is 7.91. The van der Waals surface area contributed by atoms with Gasteiger partial charge in [-0.15, -0.1) is 0 Å². The lowest BCUT2D eigenvalue weighted by molar-refractivity contribution is 0.380. The summed E-state index contributed by atoms with van der Waals surface area (Å²) in [5.74, 6) is -2.94. The van der Waals surface area contributed by atoms with Gasteiger partial charge < -0.3 is 9.30 Å². The molecule has 0 amide bonds. The van der Waals surface area contributed by atoms with Crippen molar-refractivity contribution < 1.29 is 21.9 Å². The van der Waals surface area contributed by atoms with Crippen LogP contribution in [-0.2, 0) is 22.6 Å². The maximum absolute atomic E-state index is 14.4. The van der Waals surface area contributed by atoms with Crippen molar-refractivity contribution >= 4 is 9.84 Å². The largest absolute Gasteiger partial charge is 0.418 e. The molecule has 0 bridgehead atoms. The molecular formula is C22H23F2N3O4S. The first-order valence-electron chi connectivity index (χ1n) is 9.91. The molecule has 1 aromatic carbocycles. The summed E-state index contributed by atoms with van der Waals surface area (Å²) in [6.45, 7) is 4.81. The summed E-state index contributed by atoms with van der Waals surface area (Å²) in [6, 6.07) is 6.20. The van der Waals surface area contributed by atoms with Crippen LogP contribution in [0.1, 0.15) is 31.5 Å². The van der Waals surface area contributed by atoms with Crippen LogP contribution in [0.2, 0.25) is 0 Å². The highest BCUT2D eigenvalue weighted by atomic mass is 32.2. The van der Waals surface area contributed by atoms with Crippen molar-refractivity contribution in [3.63, 3.8) is 0 Å². The van der Waals surface area contributed by atoms with Gasteiger partial charge in [0.1, 0.15) is 0 Å². The van der Waals surface area contributed by atoms with E-state index in [-0.39, 0.29) is 22.5 Å². The van der Waals surface area contributed by atoms with Gasteiger partial charge >= 0.3 is 6.01 Å². The van der Waals surface area contributed by atoms with E-state index in [4.69, 9.17) is 4.74 Å². The van der Waals surface area contributed by atoms with Gasteiger partial charge in [0.05, 0.1) is 22.4 Å². The van der Waals surface area contributed by atoms with E-state index in [1.165, 1.54) is 42.0 Å². The third kappa shape index (κ3) is 5.01. The molecule has 0 fully saturated rings. The summed E-state index contributed by atoms with van der Waals surface area (Å²) < 4.78 is 60.6. The molecule has 0 spiro atoms. The molecule has 3 aromatic rings. The number of benzene rings is 1. The van der Waals surface area contributed by atoms with Crippen LogP contribution in [0.4, 0.5) is 8.78 Å². The fraction of sp³-hybridized carbons (Fsp3) is 0.318. The summed E-state index contributed by atoms with van der Waals surface area (Å²) >= 11 is 0. The number of sulfone groups is 1. The number of rotatable bonds is 7. The Morgan fingerprint density at radius 1 is 1.16 bits per heavy atom. The summed E-state index contributed by atoms with van der Waals surface area (Å²) in [7, 11) is -1.99. The molecule has 1 atom stereocenters. The molecule has 170 valence electrons. The van der Waals surface area contributed by atoms with E-state index >= 15 is 0 Å². The van der Waals surface area contributed by atoms with Crippen molar-refractivity contribution in [2.75, 3.05) is 0 Å². The van der Waals surface area contributed by atoms with Crippen LogP contribution in [0, 0.1) is 18.6 Å². The molecule has 0 N–H and O–H groups in total. The van der Waals surface area contributed by atoms with Gasteiger partial charge in [0.25, 0.3) is 0 Å². The van der Waals surface area contributed by atoms with E-state index in [0.29, 0.717) is 12.0 Å². The predicted octanol–water partition coefficient (Wildman–Crippen LogP) is 3.93. The third-order valence-electron chi connectivity index (χ3n) is 5.11. The molecule has 10 heteroatoms. The molecule has 0 aliphatic carbocycles. The van der Waals surface area contributed by atoms with Crippen LogP contribution in [0.3, 0.4) is 0 Å². The summed E-state index contributed by atoms with van der Waals surface area (Å²) in [6.07, 6.45) is 1.93. The maximum Gasteiger partial charge on any atom is 0.322 e. The first kappa shape index (κ1) is 23.5. The van der Waals surface area contributed by atoms with Gasteiger partial charge in [-0.3, -0.25) is 4.79 Å². The minimum Gasteiger partial charge on any atom is -0.418 e. The molecular weight excluding hydrogens is 440 g/mol. The molecule has 0 aliphatic heterocycles. The summed E-state index contributed by atoms with van der Waals surface area (Å²) in [4.78, 5) is 20.0. The molecule has 2 aromatic heterocycles. The highest BCUT2D eigenvalue weighted by Gasteiger charge is 2.23. The molecule has 0 saturated heterocycles. The van der Waals surface area contributed by atoms with Gasteiger partial charge in [-0.05, 0) is 44.0 Å². The monoisotopic (exact) mass is 463 g/mol. The van der Waals surface area contributed by atoms with Gasteiger partial charge in [-0.1, -0.05) is 13.0 Å². The Kier molecular flexibility index (Phi) is 6.73. The average molecular weight is 464 g/mol. The molecule has 0 unspecified atom stereocenters. The van der Waals surface area contributed by atoms with Crippen LogP contribution < -0.4 is 10.3 Å². The number of nitrogens with zero attached hydrogens (tertiary/aromatic N) is 3. The van der Waals surface area contributed by atoms with E-state index in [1.807, 2.05) is 0 Å². The van der Waals surface area contributed by atoms with E-state index in [2.05, 4.69) is 9.97 Å². The normalized spacial score (nSPS) is 12.6. The minimum atomic E-state index is -3.54. The first-order valence-corrected chi connectivity index (χ1v) is 11.6. The van der Waals surface area contributed by atoms with Crippen LogP contribution >= 0.6 is 0 Å². The Labute approximate surface area is 184 Å². The second-order valence-corrected chi connectivity index (χ2v) is 9.95. The Balaban J connectivity index is 2.13. The molecule has 0 radical (unpaired) electrons. The lowest BCUT2D eigenvalue weighted by Gasteiger charge is -2.13. The second-order valence-electron chi connectivity index (χ2n) is 7.53. The van der Waals surface area contributed by atoms with Crippen LogP contribution in [0.25, 0.3) is 11.3 Å². The van der Waals surface area contributed by atoms with Crippen LogP contribution in [0.15, 0.2) is 41.3 Å². The van der Waals surface area contributed by atoms with Gasteiger partial charge in [0.2, 0.25) is 11.3 Å². The smallest absolute Gasteiger partial charge is 0.322 e. The molecule has 7 nitrogen and oxygen atoms in total. The lowest BCUT2D eigenvalue weighted by Crippen LogP contribution is -2.19. The first-order chi connectivity index (χ1) is 15.0. The fourth-order valence-corrected chi connectivity index (χ4v) is 4.26. The molecule has 3 rings (SSSR count). The Morgan fingerprint density at radius 2 is 1.88 bits per heavy atom. The second kappa shape index (κ2) is 9.15. The number of aromatic nitrogens is 3. The van der Waals surface area contributed by atoms with Crippen molar-refractivity contribution in [3.8, 4) is 23.0 Å². The quantitative estimate of drug-likeness (QED) is 0.527. The summed E-state index contributed by atoms with van der Waals surface area (Å²) in [5, 5.41) is -0.602. The Morgan fingerprint density at radius 3 is 2.53 bits per heavy atom. The lowest BCUT2D eigenvalue weighted by atomic mass is 10.2. The van der Waals surface area contributed by atoms with Gasteiger partial charge in [0.15, 0.2) is 21.5 Å². The standard InChI is InChI=1S/C22H23F2N3O4S/c1-5-14(3)32(29,30)12-16-10-18(15-7-9-19(28)27(4)11-15)26-22(25-16)31-21-17(23)8-6-13(2)20(21)24/h6-11,14H,5,12H2,1-4H3/t14-/m0/s1. The van der Waals surface area contributed by atoms with Crippen LogP contribution in [0.5, 0.6) is 11.8 Å². The topological polar surface area (TPSA) is 91.2 Å². The maximum atomic E-state index is 14.4. The number of pyridine rings is 1. The molecule has 0 aliphatic rings. The van der Waals surface area contributed by atoms with Gasteiger partial charge in [0, 0.05) is 24.9 Å². The highest BCUT2D eigenvalue weighted by Crippen LogP contribution is 2.29. The zero-order chi connectivity index (χ0) is 23.6. The van der Waals surface area contributed by atoms with Gasteiger partial charge in [-0.25, -0.2) is 17.2 Å². The minimum absolute atomic E-state index is 0.104. The number of aryl methyl sites for hydroxylation is 2. The number of ether oxygens (including phenoxy) is 1. The number of hydrogen-bond donors (Lipinski definition) is 0. The molecule has 0 saturated carbocycles. The van der Waals surface area contributed by atoms with Crippen LogP contribution in [-0.4, -0.2) is 28.2 Å².